The highest BCUT2D eigenvalue weighted by Gasteiger charge is 2.42. The van der Waals surface area contributed by atoms with Crippen LogP contribution in [-0.2, 0) is 49.6 Å². The van der Waals surface area contributed by atoms with Gasteiger partial charge in [0.2, 0.25) is 47.3 Å². The summed E-state index contributed by atoms with van der Waals surface area (Å²) in [6.45, 7) is 0.491. The van der Waals surface area contributed by atoms with E-state index in [9.17, 15) is 48.3 Å². The fourth-order valence-electron chi connectivity index (χ4n) is 9.23. The molecular weight excluding hydrogens is 973 g/mol. The molecule has 75 heavy (non-hydrogen) atoms. The molecule has 8 amide bonds. The maximum Gasteiger partial charge on any atom is 0.326 e. The minimum Gasteiger partial charge on any atom is -0.480 e. The molecule has 0 spiro atoms. The summed E-state index contributed by atoms with van der Waals surface area (Å²) in [5.41, 5.74) is 35.8. The van der Waals surface area contributed by atoms with E-state index in [-0.39, 0.29) is 70.5 Å². The van der Waals surface area contributed by atoms with E-state index in [0.29, 0.717) is 83.0 Å². The van der Waals surface area contributed by atoms with Gasteiger partial charge in [0.05, 0.1) is 19.1 Å². The Hall–Kier alpha value is -6.90. The van der Waals surface area contributed by atoms with Crippen molar-refractivity contribution in [2.75, 3.05) is 52.4 Å². The minimum absolute atomic E-state index is 0.0119. The number of hydrogen-bond acceptors (Lipinski definition) is 14. The molecule has 2 fully saturated rings. The lowest BCUT2D eigenvalue weighted by Gasteiger charge is -2.32. The highest BCUT2D eigenvalue weighted by Crippen LogP contribution is 2.24. The zero-order chi connectivity index (χ0) is 54.9. The maximum atomic E-state index is 14.5. The summed E-state index contributed by atoms with van der Waals surface area (Å²) in [5.74, 6) is -6.42. The second-order valence-electron chi connectivity index (χ2n) is 19.0. The van der Waals surface area contributed by atoms with Crippen LogP contribution in [0.1, 0.15) is 102 Å². The molecule has 2 aromatic rings. The number of para-hydroxylation sites is 1. The van der Waals surface area contributed by atoms with Crippen molar-refractivity contribution in [1.82, 2.24) is 46.7 Å². The molecule has 1 aromatic heterocycles. The van der Waals surface area contributed by atoms with Crippen LogP contribution in [0.15, 0.2) is 35.5 Å². The van der Waals surface area contributed by atoms with Crippen molar-refractivity contribution in [2.24, 2.45) is 39.4 Å². The number of nitrogens with one attached hydrogen (secondary N) is 7. The Morgan fingerprint density at radius 2 is 1.19 bits per heavy atom. The Bertz CT molecular complexity index is 2270. The maximum absolute atomic E-state index is 14.5. The quantitative estimate of drug-likeness (QED) is 0.0189. The van der Waals surface area contributed by atoms with Gasteiger partial charge in [-0.05, 0) is 121 Å². The molecule has 26 heteroatoms. The lowest BCUT2D eigenvalue weighted by molar-refractivity contribution is -0.144. The van der Waals surface area contributed by atoms with Crippen LogP contribution in [0.25, 0.3) is 10.9 Å². The highest BCUT2D eigenvalue weighted by molar-refractivity contribution is 5.98. The third-order valence-electron chi connectivity index (χ3n) is 13.3. The number of unbranched alkanes of at least 4 members (excludes halogenated alkanes) is 3. The summed E-state index contributed by atoms with van der Waals surface area (Å²) in [6, 6.07) is -0.207. The van der Waals surface area contributed by atoms with E-state index < -0.39 is 109 Å². The molecule has 2 saturated heterocycles. The number of hydrogen-bond donors (Lipinski definition) is 14. The second-order valence-corrected chi connectivity index (χ2v) is 19.0. The van der Waals surface area contributed by atoms with Crippen LogP contribution in [0.4, 0.5) is 0 Å². The van der Waals surface area contributed by atoms with Crippen LogP contribution in [0.3, 0.4) is 0 Å². The molecule has 0 saturated carbocycles. The van der Waals surface area contributed by atoms with Crippen molar-refractivity contribution in [3.63, 3.8) is 0 Å². The molecule has 2 aliphatic rings. The molecule has 0 unspecified atom stereocenters. The number of carbonyl (C=O) groups excluding carboxylic acids is 8. The van der Waals surface area contributed by atoms with E-state index in [2.05, 4.69) is 41.9 Å². The summed E-state index contributed by atoms with van der Waals surface area (Å²) >= 11 is 0. The number of guanidine groups is 1. The fraction of sp³-hybridized carbons (Fsp3) is 0.633. The van der Waals surface area contributed by atoms with Gasteiger partial charge in [-0.25, -0.2) is 4.79 Å². The number of nitrogens with zero attached hydrogens (tertiary/aromatic N) is 3. The van der Waals surface area contributed by atoms with Gasteiger partial charge in [0.1, 0.15) is 36.3 Å². The number of aromatic amines is 1. The third kappa shape index (κ3) is 19.4. The number of rotatable bonds is 33. The molecule has 20 N–H and O–H groups in total. The number of benzene rings is 1. The Kier molecular flexibility index (Phi) is 25.7. The van der Waals surface area contributed by atoms with E-state index >= 15 is 0 Å². The van der Waals surface area contributed by atoms with E-state index in [1.807, 2.05) is 24.3 Å². The summed E-state index contributed by atoms with van der Waals surface area (Å²) in [4.78, 5) is 131. The van der Waals surface area contributed by atoms with Crippen molar-refractivity contribution in [3.05, 3.63) is 36.0 Å². The first-order valence-corrected chi connectivity index (χ1v) is 26.0. The second kappa shape index (κ2) is 31.7. The smallest absolute Gasteiger partial charge is 0.326 e. The largest absolute Gasteiger partial charge is 0.480 e. The van der Waals surface area contributed by atoms with Crippen LogP contribution in [0.2, 0.25) is 0 Å². The number of aliphatic imine (C=N–C) groups is 1. The molecule has 0 bridgehead atoms. The predicted octanol–water partition coefficient (Wildman–Crippen LogP) is -3.28. The molecule has 2 aliphatic heterocycles. The van der Waals surface area contributed by atoms with Gasteiger partial charge in [-0.2, -0.15) is 0 Å². The van der Waals surface area contributed by atoms with E-state index in [1.54, 1.807) is 6.20 Å². The number of nitrogens with two attached hydrogens (primary N) is 6. The van der Waals surface area contributed by atoms with Crippen molar-refractivity contribution in [1.29, 1.82) is 0 Å². The number of amides is 8. The van der Waals surface area contributed by atoms with Crippen molar-refractivity contribution in [3.8, 4) is 0 Å². The molecule has 3 heterocycles. The molecule has 416 valence electrons. The normalized spacial score (nSPS) is 17.2. The number of aliphatic carboxylic acids is 1. The molecule has 1 aromatic carbocycles. The van der Waals surface area contributed by atoms with Crippen molar-refractivity contribution >= 4 is 70.1 Å². The van der Waals surface area contributed by atoms with Crippen molar-refractivity contribution < 1.29 is 48.3 Å². The number of aromatic nitrogens is 1. The summed E-state index contributed by atoms with van der Waals surface area (Å²) in [5, 5.41) is 26.3. The van der Waals surface area contributed by atoms with E-state index in [4.69, 9.17) is 34.4 Å². The number of carboxylic acids is 1. The van der Waals surface area contributed by atoms with Gasteiger partial charge in [-0.15, -0.1) is 0 Å². The predicted molar refractivity (Wildman–Crippen MR) is 279 cm³/mol. The van der Waals surface area contributed by atoms with Gasteiger partial charge in [0.25, 0.3) is 0 Å². The highest BCUT2D eigenvalue weighted by atomic mass is 16.4. The molecule has 0 radical (unpaired) electrons. The zero-order valence-electron chi connectivity index (χ0n) is 42.8. The lowest BCUT2D eigenvalue weighted by atomic mass is 10.0. The molecule has 26 nitrogen and oxygen atoms in total. The van der Waals surface area contributed by atoms with Crippen LogP contribution in [-0.4, -0.2) is 174 Å². The average molecular weight is 1050 g/mol. The number of carboxylic acid groups (broad SMARTS) is 1. The van der Waals surface area contributed by atoms with Gasteiger partial charge in [0, 0.05) is 43.2 Å². The van der Waals surface area contributed by atoms with Crippen LogP contribution in [0.5, 0.6) is 0 Å². The van der Waals surface area contributed by atoms with Crippen molar-refractivity contribution in [2.45, 2.75) is 145 Å². The average Bonchev–Trinajstić information content (AvgIpc) is 4.18. The number of carbonyl (C=O) groups is 9. The summed E-state index contributed by atoms with van der Waals surface area (Å²) in [7, 11) is 0. The zero-order valence-corrected chi connectivity index (χ0v) is 42.8. The van der Waals surface area contributed by atoms with Gasteiger partial charge in [-0.3, -0.25) is 43.3 Å². The topological polar surface area (TPSA) is 437 Å². The third-order valence-corrected chi connectivity index (χ3v) is 13.3. The number of likely N-dealkylation sites (tertiary alicyclic amines) is 2. The SMILES string of the molecule is NCCCC[C@H](NC(=O)[C@@H](N)CCCCN)C(=O)N[C@@H](CCCN=C(N)N)C(=O)N1CCC[C@H]1C(=O)N[C@@H](CCCCN)C(=O)N1CCC[C@H]1C(=O)NCC(=O)NCC(=O)N[C@@H](Cc1c[nH]c2ccccc12)C(=O)O. The Labute approximate surface area is 436 Å². The fourth-order valence-corrected chi connectivity index (χ4v) is 9.23. The van der Waals surface area contributed by atoms with Gasteiger partial charge >= 0.3 is 5.97 Å². The Morgan fingerprint density at radius 3 is 1.80 bits per heavy atom. The minimum atomic E-state index is -1.28. The Balaban J connectivity index is 1.39. The first-order chi connectivity index (χ1) is 36.0. The number of H-pyrrole nitrogens is 1. The van der Waals surface area contributed by atoms with Gasteiger partial charge < -0.3 is 86.2 Å². The van der Waals surface area contributed by atoms with Gasteiger partial charge in [-0.1, -0.05) is 24.6 Å². The molecular formula is C49H80N16O10. The van der Waals surface area contributed by atoms with E-state index in [1.165, 1.54) is 9.80 Å². The van der Waals surface area contributed by atoms with Crippen LogP contribution < -0.4 is 66.3 Å². The molecule has 4 rings (SSSR count). The van der Waals surface area contributed by atoms with Gasteiger partial charge in [0.15, 0.2) is 5.96 Å². The lowest BCUT2D eigenvalue weighted by Crippen LogP contribution is -2.59. The number of fused-ring (bicyclic) bond motifs is 1. The standard InChI is InChI=1S/C49H80N16O10/c50-20-6-3-13-32(53)42(68)61-34(15-4-7-21-51)43(69)62-36(17-9-23-56-49(54)55)47(73)65-25-11-19-39(65)45(71)63-35(16-5-8-22-52)46(72)64-24-10-18-38(64)44(70)59-28-40(66)58-29-41(67)60-37(48(74)75)26-30-27-57-33-14-2-1-12-31(30)33/h1-2,12,14,27,32,34-39,57H,3-11,13,15-26,28-29,50-53H2,(H,58,66)(H,59,70)(H,60,67)(H,61,68)(H,62,69)(H,63,71)(H,74,75)(H4,54,55,56)/t32-,34-,35-,36-,37-,38-,39-/m0/s1. The first kappa shape index (κ1) is 60.7. The summed E-state index contributed by atoms with van der Waals surface area (Å²) < 4.78 is 0. The molecule has 7 atom stereocenters. The first-order valence-electron chi connectivity index (χ1n) is 26.0. The van der Waals surface area contributed by atoms with E-state index in [0.717, 1.165) is 10.9 Å². The van der Waals surface area contributed by atoms with Crippen LogP contribution >= 0.6 is 0 Å². The Morgan fingerprint density at radius 1 is 0.640 bits per heavy atom. The molecule has 0 aliphatic carbocycles. The monoisotopic (exact) mass is 1050 g/mol. The van der Waals surface area contributed by atoms with Crippen LogP contribution in [0, 0.1) is 0 Å². The summed E-state index contributed by atoms with van der Waals surface area (Å²) in [6.07, 6.45) is 7.48.